The van der Waals surface area contributed by atoms with Crippen LogP contribution in [0.1, 0.15) is 37.7 Å². The monoisotopic (exact) mass is 338 g/mol. The average molecular weight is 338 g/mol. The molecule has 1 aromatic carbocycles. The van der Waals surface area contributed by atoms with Crippen molar-refractivity contribution in [2.24, 2.45) is 0 Å². The predicted molar refractivity (Wildman–Crippen MR) is 89.8 cm³/mol. The molecule has 1 saturated heterocycles. The summed E-state index contributed by atoms with van der Waals surface area (Å²) in [5, 5.41) is 13.5. The highest BCUT2D eigenvalue weighted by molar-refractivity contribution is 7.89. The van der Waals surface area contributed by atoms with Gasteiger partial charge in [0, 0.05) is 25.7 Å². The Morgan fingerprint density at radius 1 is 1.22 bits per heavy atom. The van der Waals surface area contributed by atoms with E-state index in [4.69, 9.17) is 0 Å². The first-order chi connectivity index (χ1) is 10.9. The Labute approximate surface area is 138 Å². The third-order valence-corrected chi connectivity index (χ3v) is 7.03. The maximum Gasteiger partial charge on any atom is 0.243 e. The van der Waals surface area contributed by atoms with Crippen molar-refractivity contribution in [1.82, 2.24) is 9.62 Å². The van der Waals surface area contributed by atoms with Crippen LogP contribution >= 0.6 is 0 Å². The van der Waals surface area contributed by atoms with E-state index in [1.54, 1.807) is 16.4 Å². The summed E-state index contributed by atoms with van der Waals surface area (Å²) in [6.07, 6.45) is 4.44. The van der Waals surface area contributed by atoms with Crippen LogP contribution in [-0.4, -0.2) is 49.1 Å². The van der Waals surface area contributed by atoms with Gasteiger partial charge < -0.3 is 10.4 Å². The van der Waals surface area contributed by atoms with Crippen LogP contribution in [0.5, 0.6) is 0 Å². The standard InChI is InChI=1S/C17H26N2O3S/c1-14-3-5-16(6-4-14)23(21,22)19-11-7-15(8-12-19)18-13-17(20)9-2-10-17/h3-6,15,18,20H,2,7-13H2,1H3. The second-order valence-corrected chi connectivity index (χ2v) is 8.89. The molecular weight excluding hydrogens is 312 g/mol. The van der Waals surface area contributed by atoms with Crippen LogP contribution in [-0.2, 0) is 10.0 Å². The number of rotatable bonds is 5. The number of nitrogens with zero attached hydrogens (tertiary/aromatic N) is 1. The number of aliphatic hydroxyl groups is 1. The summed E-state index contributed by atoms with van der Waals surface area (Å²) in [7, 11) is -3.38. The van der Waals surface area contributed by atoms with Crippen LogP contribution in [0, 0.1) is 6.92 Å². The lowest BCUT2D eigenvalue weighted by Gasteiger charge is -2.39. The van der Waals surface area contributed by atoms with Crippen molar-refractivity contribution < 1.29 is 13.5 Å². The highest BCUT2D eigenvalue weighted by Crippen LogP contribution is 2.31. The van der Waals surface area contributed by atoms with Gasteiger partial charge >= 0.3 is 0 Å². The second-order valence-electron chi connectivity index (χ2n) is 6.95. The van der Waals surface area contributed by atoms with Gasteiger partial charge in [-0.25, -0.2) is 8.42 Å². The number of aryl methyl sites for hydroxylation is 1. The SMILES string of the molecule is Cc1ccc(S(=O)(=O)N2CCC(NCC3(O)CCC3)CC2)cc1. The smallest absolute Gasteiger partial charge is 0.243 e. The van der Waals surface area contributed by atoms with E-state index in [0.29, 0.717) is 30.6 Å². The molecule has 1 aliphatic carbocycles. The van der Waals surface area contributed by atoms with Gasteiger partial charge in [0.2, 0.25) is 10.0 Å². The molecular formula is C17H26N2O3S. The lowest BCUT2D eigenvalue weighted by atomic mass is 9.80. The topological polar surface area (TPSA) is 69.6 Å². The lowest BCUT2D eigenvalue weighted by Crippen LogP contribution is -2.51. The molecule has 128 valence electrons. The normalized spacial score (nSPS) is 22.7. The molecule has 0 radical (unpaired) electrons. The summed E-state index contributed by atoms with van der Waals surface area (Å²) in [6.45, 7) is 3.64. The summed E-state index contributed by atoms with van der Waals surface area (Å²) >= 11 is 0. The first kappa shape index (κ1) is 16.9. The van der Waals surface area contributed by atoms with E-state index < -0.39 is 15.6 Å². The molecule has 6 heteroatoms. The molecule has 0 spiro atoms. The lowest BCUT2D eigenvalue weighted by molar-refractivity contribution is -0.0341. The predicted octanol–water partition coefficient (Wildman–Crippen LogP) is 1.65. The average Bonchev–Trinajstić information content (AvgIpc) is 2.52. The molecule has 5 nitrogen and oxygen atoms in total. The van der Waals surface area contributed by atoms with Crippen molar-refractivity contribution in [3.63, 3.8) is 0 Å². The number of hydrogen-bond donors (Lipinski definition) is 2. The van der Waals surface area contributed by atoms with Gasteiger partial charge in [-0.3, -0.25) is 0 Å². The number of nitrogens with one attached hydrogen (secondary N) is 1. The molecule has 0 bridgehead atoms. The molecule has 3 rings (SSSR count). The molecule has 1 aromatic rings. The fraction of sp³-hybridized carbons (Fsp3) is 0.647. The van der Waals surface area contributed by atoms with Gasteiger partial charge in [-0.2, -0.15) is 4.31 Å². The molecule has 1 heterocycles. The largest absolute Gasteiger partial charge is 0.389 e. The zero-order valence-electron chi connectivity index (χ0n) is 13.7. The van der Waals surface area contributed by atoms with Gasteiger partial charge in [0.05, 0.1) is 10.5 Å². The van der Waals surface area contributed by atoms with Crippen molar-refractivity contribution in [3.05, 3.63) is 29.8 Å². The van der Waals surface area contributed by atoms with E-state index in [2.05, 4.69) is 5.32 Å². The summed E-state index contributed by atoms with van der Waals surface area (Å²) < 4.78 is 26.9. The van der Waals surface area contributed by atoms with Gasteiger partial charge in [0.1, 0.15) is 0 Å². The Morgan fingerprint density at radius 3 is 2.35 bits per heavy atom. The molecule has 2 N–H and O–H groups in total. The minimum Gasteiger partial charge on any atom is -0.389 e. The summed E-state index contributed by atoms with van der Waals surface area (Å²) in [5.74, 6) is 0. The fourth-order valence-electron chi connectivity index (χ4n) is 3.26. The van der Waals surface area contributed by atoms with E-state index in [1.807, 2.05) is 19.1 Å². The Balaban J connectivity index is 1.54. The van der Waals surface area contributed by atoms with Crippen molar-refractivity contribution in [2.45, 2.75) is 55.6 Å². The minimum absolute atomic E-state index is 0.295. The zero-order chi connectivity index (χ0) is 16.5. The van der Waals surface area contributed by atoms with Crippen molar-refractivity contribution >= 4 is 10.0 Å². The van der Waals surface area contributed by atoms with Gasteiger partial charge in [-0.1, -0.05) is 17.7 Å². The Morgan fingerprint density at radius 2 is 1.83 bits per heavy atom. The van der Waals surface area contributed by atoms with Crippen LogP contribution in [0.25, 0.3) is 0 Å². The summed E-state index contributed by atoms with van der Waals surface area (Å²) in [4.78, 5) is 0.373. The van der Waals surface area contributed by atoms with E-state index in [9.17, 15) is 13.5 Å². The van der Waals surface area contributed by atoms with E-state index in [1.165, 1.54) is 0 Å². The van der Waals surface area contributed by atoms with Crippen LogP contribution in [0.4, 0.5) is 0 Å². The number of piperidine rings is 1. The van der Waals surface area contributed by atoms with E-state index in [-0.39, 0.29) is 0 Å². The van der Waals surface area contributed by atoms with Crippen LogP contribution in [0.15, 0.2) is 29.2 Å². The minimum atomic E-state index is -3.38. The third-order valence-electron chi connectivity index (χ3n) is 5.12. The molecule has 1 aliphatic heterocycles. The molecule has 2 aliphatic rings. The molecule has 0 atom stereocenters. The zero-order valence-corrected chi connectivity index (χ0v) is 14.5. The van der Waals surface area contributed by atoms with Gasteiger partial charge in [0.25, 0.3) is 0 Å². The maximum absolute atomic E-state index is 12.6. The maximum atomic E-state index is 12.6. The fourth-order valence-corrected chi connectivity index (χ4v) is 4.73. The Hall–Kier alpha value is -0.950. The van der Waals surface area contributed by atoms with E-state index >= 15 is 0 Å². The second kappa shape index (κ2) is 6.51. The number of sulfonamides is 1. The first-order valence-electron chi connectivity index (χ1n) is 8.42. The Bertz CT molecular complexity index is 630. The Kier molecular flexibility index (Phi) is 4.78. The summed E-state index contributed by atoms with van der Waals surface area (Å²) in [6, 6.07) is 7.33. The molecule has 2 fully saturated rings. The van der Waals surface area contributed by atoms with E-state index in [0.717, 1.165) is 37.7 Å². The van der Waals surface area contributed by atoms with Crippen molar-refractivity contribution in [3.8, 4) is 0 Å². The summed E-state index contributed by atoms with van der Waals surface area (Å²) in [5.41, 5.74) is 0.534. The van der Waals surface area contributed by atoms with Crippen LogP contribution in [0.2, 0.25) is 0 Å². The highest BCUT2D eigenvalue weighted by Gasteiger charge is 2.35. The van der Waals surface area contributed by atoms with Crippen LogP contribution in [0.3, 0.4) is 0 Å². The molecule has 0 unspecified atom stereocenters. The number of hydrogen-bond acceptors (Lipinski definition) is 4. The quantitative estimate of drug-likeness (QED) is 0.856. The molecule has 0 aromatic heterocycles. The van der Waals surface area contributed by atoms with Crippen LogP contribution < -0.4 is 5.32 Å². The van der Waals surface area contributed by atoms with Crippen molar-refractivity contribution in [1.29, 1.82) is 0 Å². The van der Waals surface area contributed by atoms with Gasteiger partial charge in [-0.15, -0.1) is 0 Å². The van der Waals surface area contributed by atoms with Crippen molar-refractivity contribution in [2.75, 3.05) is 19.6 Å². The number of benzene rings is 1. The molecule has 1 saturated carbocycles. The molecule has 0 amide bonds. The van der Waals surface area contributed by atoms with Gasteiger partial charge in [0.15, 0.2) is 0 Å². The molecule has 23 heavy (non-hydrogen) atoms. The highest BCUT2D eigenvalue weighted by atomic mass is 32.2. The van der Waals surface area contributed by atoms with Gasteiger partial charge in [-0.05, 0) is 51.2 Å². The first-order valence-corrected chi connectivity index (χ1v) is 9.86. The third kappa shape index (κ3) is 3.76.